The van der Waals surface area contributed by atoms with Crippen LogP contribution in [0.4, 0.5) is 4.79 Å². The smallest absolute Gasteiger partial charge is 0.321 e. The number of benzene rings is 1. The minimum Gasteiger partial charge on any atom is -0.467 e. The molecule has 1 fully saturated rings. The first-order chi connectivity index (χ1) is 13.9. The Labute approximate surface area is 173 Å². The number of halogens is 1. The molecule has 2 N–H and O–H groups in total. The van der Waals surface area contributed by atoms with Crippen LogP contribution in [0.2, 0.25) is 5.02 Å². The maximum Gasteiger partial charge on any atom is 0.321 e. The number of imide groups is 1. The number of hydrogen-bond donors (Lipinski definition) is 2. The number of rotatable bonds is 6. The molecule has 0 atom stereocenters. The van der Waals surface area contributed by atoms with Gasteiger partial charge in [-0.2, -0.15) is 4.31 Å². The van der Waals surface area contributed by atoms with Gasteiger partial charge < -0.3 is 9.73 Å². The molecule has 0 saturated carbocycles. The third-order valence-electron chi connectivity index (χ3n) is 4.41. The van der Waals surface area contributed by atoms with Crippen molar-refractivity contribution in [1.82, 2.24) is 19.8 Å². The summed E-state index contributed by atoms with van der Waals surface area (Å²) in [4.78, 5) is 25.7. The van der Waals surface area contributed by atoms with Gasteiger partial charge in [0.05, 0.1) is 24.4 Å². The molecular weight excluding hydrogens is 420 g/mol. The number of amides is 3. The maximum absolute atomic E-state index is 12.7. The first-order valence-electron chi connectivity index (χ1n) is 8.93. The first-order valence-corrected chi connectivity index (χ1v) is 10.7. The Morgan fingerprint density at radius 2 is 1.79 bits per heavy atom. The molecular formula is C18H21ClN4O5S. The fourth-order valence-electron chi connectivity index (χ4n) is 2.92. The molecule has 0 spiro atoms. The van der Waals surface area contributed by atoms with Crippen molar-refractivity contribution >= 4 is 33.6 Å². The van der Waals surface area contributed by atoms with Crippen LogP contribution in [0.1, 0.15) is 5.76 Å². The summed E-state index contributed by atoms with van der Waals surface area (Å²) in [7, 11) is -3.69. The van der Waals surface area contributed by atoms with Crippen molar-refractivity contribution in [1.29, 1.82) is 0 Å². The van der Waals surface area contributed by atoms with Crippen LogP contribution in [-0.2, 0) is 21.4 Å². The van der Waals surface area contributed by atoms with Crippen molar-refractivity contribution in [3.8, 4) is 0 Å². The van der Waals surface area contributed by atoms with E-state index in [0.717, 1.165) is 0 Å². The topological polar surface area (TPSA) is 112 Å². The van der Waals surface area contributed by atoms with Gasteiger partial charge >= 0.3 is 6.03 Å². The third kappa shape index (κ3) is 5.57. The lowest BCUT2D eigenvalue weighted by atomic mass is 10.3. The number of hydrogen-bond acceptors (Lipinski definition) is 6. The highest BCUT2D eigenvalue weighted by molar-refractivity contribution is 7.89. The molecule has 1 aliphatic heterocycles. The van der Waals surface area contributed by atoms with Crippen molar-refractivity contribution in [3.63, 3.8) is 0 Å². The van der Waals surface area contributed by atoms with Gasteiger partial charge in [0.15, 0.2) is 0 Å². The van der Waals surface area contributed by atoms with Crippen LogP contribution in [0.25, 0.3) is 0 Å². The Hall–Kier alpha value is -2.40. The van der Waals surface area contributed by atoms with Crippen molar-refractivity contribution < 1.29 is 22.4 Å². The van der Waals surface area contributed by atoms with E-state index in [9.17, 15) is 18.0 Å². The number of sulfonamides is 1. The zero-order valence-corrected chi connectivity index (χ0v) is 17.1. The van der Waals surface area contributed by atoms with E-state index in [1.54, 1.807) is 29.2 Å². The number of carbonyl (C=O) groups is 2. The third-order valence-corrected chi connectivity index (χ3v) is 6.81. The Kier molecular flexibility index (Phi) is 6.91. The van der Waals surface area contributed by atoms with Gasteiger partial charge in [-0.05, 0) is 24.3 Å². The highest BCUT2D eigenvalue weighted by Gasteiger charge is 2.30. The predicted octanol–water partition coefficient (Wildman–Crippen LogP) is 1.27. The Balaban J connectivity index is 1.45. The second-order valence-electron chi connectivity index (χ2n) is 6.42. The zero-order chi connectivity index (χ0) is 20.9. The molecule has 9 nitrogen and oxygen atoms in total. The van der Waals surface area contributed by atoms with E-state index < -0.39 is 22.0 Å². The van der Waals surface area contributed by atoms with Crippen LogP contribution < -0.4 is 10.6 Å². The van der Waals surface area contributed by atoms with Crippen LogP contribution in [0, 0.1) is 0 Å². The standard InChI is InChI=1S/C18H21ClN4O5S/c19-15-5-1-2-6-16(15)29(26,27)23-9-7-22(8-10-23)13-17(24)21-18(25)20-12-14-4-3-11-28-14/h1-6,11H,7-10,12-13H2,(H2,20,21,24,25). The van der Waals surface area contributed by atoms with E-state index in [4.69, 9.17) is 16.0 Å². The molecule has 1 saturated heterocycles. The van der Waals surface area contributed by atoms with Crippen LogP contribution in [0.5, 0.6) is 0 Å². The molecule has 3 rings (SSSR count). The molecule has 0 aliphatic carbocycles. The van der Waals surface area contributed by atoms with Crippen LogP contribution >= 0.6 is 11.6 Å². The Bertz CT molecular complexity index is 956. The molecule has 29 heavy (non-hydrogen) atoms. The van der Waals surface area contributed by atoms with E-state index in [0.29, 0.717) is 18.8 Å². The van der Waals surface area contributed by atoms with E-state index in [1.165, 1.54) is 22.7 Å². The lowest BCUT2D eigenvalue weighted by Crippen LogP contribution is -2.52. The Morgan fingerprint density at radius 1 is 1.07 bits per heavy atom. The van der Waals surface area contributed by atoms with Crippen molar-refractivity contribution in [2.45, 2.75) is 11.4 Å². The SMILES string of the molecule is O=C(CN1CCN(S(=O)(=O)c2ccccc2Cl)CC1)NC(=O)NCc1ccco1. The van der Waals surface area contributed by atoms with Gasteiger partial charge in [-0.15, -0.1) is 0 Å². The van der Waals surface area contributed by atoms with E-state index >= 15 is 0 Å². The largest absolute Gasteiger partial charge is 0.467 e. The molecule has 1 aromatic carbocycles. The Morgan fingerprint density at radius 3 is 2.45 bits per heavy atom. The number of piperazine rings is 1. The summed E-state index contributed by atoms with van der Waals surface area (Å²) in [5.41, 5.74) is 0. The number of furan rings is 1. The van der Waals surface area contributed by atoms with Gasteiger partial charge in [0.1, 0.15) is 10.7 Å². The minimum atomic E-state index is -3.69. The molecule has 0 radical (unpaired) electrons. The molecule has 11 heteroatoms. The molecule has 0 unspecified atom stereocenters. The van der Waals surface area contributed by atoms with Crippen molar-refractivity contribution in [3.05, 3.63) is 53.4 Å². The second kappa shape index (κ2) is 9.40. The first kappa shape index (κ1) is 21.3. The second-order valence-corrected chi connectivity index (χ2v) is 8.73. The maximum atomic E-state index is 12.7. The van der Waals surface area contributed by atoms with Gasteiger partial charge in [-0.25, -0.2) is 13.2 Å². The normalized spacial score (nSPS) is 15.8. The quantitative estimate of drug-likeness (QED) is 0.699. The van der Waals surface area contributed by atoms with Crippen LogP contribution in [0.15, 0.2) is 52.0 Å². The summed E-state index contributed by atoms with van der Waals surface area (Å²) in [5, 5.41) is 4.94. The number of nitrogens with one attached hydrogen (secondary N) is 2. The van der Waals surface area contributed by atoms with Gasteiger partial charge in [-0.3, -0.25) is 15.0 Å². The summed E-state index contributed by atoms with van der Waals surface area (Å²) >= 11 is 6.02. The lowest BCUT2D eigenvalue weighted by Gasteiger charge is -2.33. The highest BCUT2D eigenvalue weighted by atomic mass is 35.5. The van der Waals surface area contributed by atoms with Gasteiger partial charge in [0, 0.05) is 26.2 Å². The van der Waals surface area contributed by atoms with E-state index in [2.05, 4.69) is 10.6 Å². The average molecular weight is 441 g/mol. The van der Waals surface area contributed by atoms with E-state index in [-0.39, 0.29) is 36.1 Å². The van der Waals surface area contributed by atoms with E-state index in [1.807, 2.05) is 0 Å². The summed E-state index contributed by atoms with van der Waals surface area (Å²) in [6, 6.07) is 9.08. The van der Waals surface area contributed by atoms with Crippen LogP contribution in [0.3, 0.4) is 0 Å². The summed E-state index contributed by atoms with van der Waals surface area (Å²) in [5.74, 6) is 0.104. The highest BCUT2D eigenvalue weighted by Crippen LogP contribution is 2.24. The van der Waals surface area contributed by atoms with Gasteiger partial charge in [0.25, 0.3) is 0 Å². The number of nitrogens with zero attached hydrogens (tertiary/aromatic N) is 2. The molecule has 2 aromatic rings. The molecule has 156 valence electrons. The predicted molar refractivity (Wildman–Crippen MR) is 106 cm³/mol. The number of urea groups is 1. The molecule has 1 aliphatic rings. The fourth-order valence-corrected chi connectivity index (χ4v) is 4.83. The zero-order valence-electron chi connectivity index (χ0n) is 15.5. The summed E-state index contributed by atoms with van der Waals surface area (Å²) in [6.45, 7) is 1.35. The monoisotopic (exact) mass is 440 g/mol. The minimum absolute atomic E-state index is 0.00580. The molecule has 3 amide bonds. The summed E-state index contributed by atoms with van der Waals surface area (Å²) < 4.78 is 31.9. The fraction of sp³-hybridized carbons (Fsp3) is 0.333. The molecule has 2 heterocycles. The summed E-state index contributed by atoms with van der Waals surface area (Å²) in [6.07, 6.45) is 1.49. The molecule has 1 aromatic heterocycles. The van der Waals surface area contributed by atoms with Crippen LogP contribution in [-0.4, -0.2) is 62.3 Å². The van der Waals surface area contributed by atoms with Gasteiger partial charge in [-0.1, -0.05) is 23.7 Å². The lowest BCUT2D eigenvalue weighted by molar-refractivity contribution is -0.121. The molecule has 0 bridgehead atoms. The number of carbonyl (C=O) groups excluding carboxylic acids is 2. The van der Waals surface area contributed by atoms with Gasteiger partial charge in [0.2, 0.25) is 15.9 Å². The van der Waals surface area contributed by atoms with Crippen molar-refractivity contribution in [2.24, 2.45) is 0 Å². The average Bonchev–Trinajstić information content (AvgIpc) is 3.20. The van der Waals surface area contributed by atoms with Crippen molar-refractivity contribution in [2.75, 3.05) is 32.7 Å².